The summed E-state index contributed by atoms with van der Waals surface area (Å²) in [6.45, 7) is 2.03. The smallest absolute Gasteiger partial charge is 0.256 e. The Bertz CT molecular complexity index is 1440. The molecule has 2 aromatic carbocycles. The van der Waals surface area contributed by atoms with Crippen LogP contribution in [0.2, 0.25) is 0 Å². The van der Waals surface area contributed by atoms with Gasteiger partial charge < -0.3 is 5.32 Å². The van der Waals surface area contributed by atoms with E-state index in [9.17, 15) is 9.18 Å². The summed E-state index contributed by atoms with van der Waals surface area (Å²) in [5.41, 5.74) is 5.54. The van der Waals surface area contributed by atoms with Gasteiger partial charge in [-0.25, -0.2) is 18.9 Å². The lowest BCUT2D eigenvalue weighted by molar-refractivity contribution is 0.102. The summed E-state index contributed by atoms with van der Waals surface area (Å²) in [4.78, 5) is 21.6. The van der Waals surface area contributed by atoms with E-state index >= 15 is 0 Å². The molecule has 0 saturated heterocycles. The highest BCUT2D eigenvalue weighted by Gasteiger charge is 2.18. The van der Waals surface area contributed by atoms with Crippen molar-refractivity contribution in [3.8, 4) is 22.5 Å². The molecule has 0 aliphatic heterocycles. The topological polar surface area (TPSA) is 72.2 Å². The van der Waals surface area contributed by atoms with Crippen LogP contribution in [0.4, 0.5) is 10.2 Å². The molecule has 156 valence electrons. The van der Waals surface area contributed by atoms with Gasteiger partial charge >= 0.3 is 0 Å². The van der Waals surface area contributed by atoms with Crippen LogP contribution in [0.5, 0.6) is 0 Å². The Morgan fingerprint density at radius 2 is 1.78 bits per heavy atom. The van der Waals surface area contributed by atoms with Crippen LogP contribution in [0.15, 0.2) is 85.2 Å². The lowest BCUT2D eigenvalue weighted by atomic mass is 10.0. The zero-order chi connectivity index (χ0) is 22.1. The molecule has 0 aliphatic carbocycles. The van der Waals surface area contributed by atoms with Gasteiger partial charge in [0.25, 0.3) is 5.91 Å². The quantitative estimate of drug-likeness (QED) is 0.434. The number of aryl methyl sites for hydroxylation is 1. The number of anilines is 1. The number of hydrogen-bond acceptors (Lipinski definition) is 4. The Balaban J connectivity index is 1.58. The number of fused-ring (bicyclic) bond motifs is 1. The van der Waals surface area contributed by atoms with Crippen LogP contribution in [0, 0.1) is 12.7 Å². The van der Waals surface area contributed by atoms with Gasteiger partial charge in [0.05, 0.1) is 5.69 Å². The Kier molecular flexibility index (Phi) is 4.91. The predicted octanol–water partition coefficient (Wildman–Crippen LogP) is 5.16. The molecule has 0 atom stereocenters. The van der Waals surface area contributed by atoms with Crippen LogP contribution in [-0.4, -0.2) is 25.5 Å². The summed E-state index contributed by atoms with van der Waals surface area (Å²) in [5.74, 6) is -0.395. The summed E-state index contributed by atoms with van der Waals surface area (Å²) in [5, 5.41) is 7.26. The first-order chi connectivity index (χ1) is 15.6. The summed E-state index contributed by atoms with van der Waals surface area (Å²) in [6.07, 6.45) is 3.33. The van der Waals surface area contributed by atoms with E-state index in [1.807, 2.05) is 43.3 Å². The molecule has 32 heavy (non-hydrogen) atoms. The molecule has 1 amide bonds. The van der Waals surface area contributed by atoms with Gasteiger partial charge in [0.1, 0.15) is 17.3 Å². The molecule has 3 heterocycles. The molecule has 3 aromatic heterocycles. The second-order valence-electron chi connectivity index (χ2n) is 7.36. The van der Waals surface area contributed by atoms with E-state index < -0.39 is 5.82 Å². The van der Waals surface area contributed by atoms with Crippen molar-refractivity contribution in [2.24, 2.45) is 0 Å². The molecule has 0 unspecified atom stereocenters. The summed E-state index contributed by atoms with van der Waals surface area (Å²) in [6, 6.07) is 20.8. The number of benzene rings is 2. The molecule has 0 bridgehead atoms. The van der Waals surface area contributed by atoms with Crippen molar-refractivity contribution < 1.29 is 9.18 Å². The van der Waals surface area contributed by atoms with Gasteiger partial charge in [-0.3, -0.25) is 4.79 Å². The molecule has 0 fully saturated rings. The minimum atomic E-state index is -0.398. The molecule has 7 heteroatoms. The fourth-order valence-corrected chi connectivity index (χ4v) is 3.58. The van der Waals surface area contributed by atoms with Crippen molar-refractivity contribution >= 4 is 17.4 Å². The fourth-order valence-electron chi connectivity index (χ4n) is 3.58. The molecular weight excluding hydrogens is 405 g/mol. The van der Waals surface area contributed by atoms with Crippen LogP contribution in [0.25, 0.3) is 28.2 Å². The number of hydrogen-bond donors (Lipinski definition) is 1. The average molecular weight is 423 g/mol. The number of carbonyl (C=O) groups excluding carboxylic acids is 1. The van der Waals surface area contributed by atoms with E-state index in [1.54, 1.807) is 23.0 Å². The van der Waals surface area contributed by atoms with Gasteiger partial charge in [-0.15, -0.1) is 0 Å². The number of pyridine rings is 1. The number of rotatable bonds is 4. The minimum absolute atomic E-state index is 0.343. The minimum Gasteiger partial charge on any atom is -0.307 e. The summed E-state index contributed by atoms with van der Waals surface area (Å²) >= 11 is 0. The Labute approximate surface area is 183 Å². The van der Waals surface area contributed by atoms with Crippen LogP contribution in [-0.2, 0) is 0 Å². The highest BCUT2D eigenvalue weighted by Crippen LogP contribution is 2.33. The fraction of sp³-hybridized carbons (Fsp3) is 0.0400. The number of amides is 1. The average Bonchev–Trinajstić information content (AvgIpc) is 3.19. The van der Waals surface area contributed by atoms with Crippen molar-refractivity contribution in [1.29, 1.82) is 0 Å². The van der Waals surface area contributed by atoms with Crippen LogP contribution in [0.1, 0.15) is 15.9 Å². The molecular formula is C25H18FN5O. The monoisotopic (exact) mass is 423 g/mol. The van der Waals surface area contributed by atoms with E-state index in [-0.39, 0.29) is 5.91 Å². The normalized spacial score (nSPS) is 10.9. The number of nitrogens with zero attached hydrogens (tertiary/aromatic N) is 4. The van der Waals surface area contributed by atoms with Crippen LogP contribution in [0.3, 0.4) is 0 Å². The predicted molar refractivity (Wildman–Crippen MR) is 121 cm³/mol. The van der Waals surface area contributed by atoms with Gasteiger partial charge in [-0.1, -0.05) is 23.8 Å². The first-order valence-electron chi connectivity index (χ1n) is 10.0. The number of carbonyl (C=O) groups is 1. The van der Waals surface area contributed by atoms with Gasteiger partial charge in [-0.05, 0) is 61.5 Å². The van der Waals surface area contributed by atoms with E-state index in [2.05, 4.69) is 21.5 Å². The maximum Gasteiger partial charge on any atom is 0.256 e. The highest BCUT2D eigenvalue weighted by atomic mass is 19.1. The third kappa shape index (κ3) is 3.72. The first-order valence-corrected chi connectivity index (χ1v) is 10.0. The van der Waals surface area contributed by atoms with Gasteiger partial charge in [0.15, 0.2) is 5.65 Å². The zero-order valence-corrected chi connectivity index (χ0v) is 17.2. The first kappa shape index (κ1) is 19.6. The van der Waals surface area contributed by atoms with Gasteiger partial charge in [-0.2, -0.15) is 5.10 Å². The van der Waals surface area contributed by atoms with E-state index in [1.165, 1.54) is 24.3 Å². The largest absolute Gasteiger partial charge is 0.307 e. The van der Waals surface area contributed by atoms with E-state index in [0.29, 0.717) is 17.0 Å². The van der Waals surface area contributed by atoms with Crippen molar-refractivity contribution in [3.63, 3.8) is 0 Å². The Hall–Kier alpha value is -4.39. The van der Waals surface area contributed by atoms with E-state index in [0.717, 1.165) is 28.1 Å². The molecule has 0 aliphatic rings. The van der Waals surface area contributed by atoms with Crippen molar-refractivity contribution in [2.75, 3.05) is 5.32 Å². The van der Waals surface area contributed by atoms with Gasteiger partial charge in [0.2, 0.25) is 0 Å². The Morgan fingerprint density at radius 3 is 2.59 bits per heavy atom. The molecule has 6 nitrogen and oxygen atoms in total. The zero-order valence-electron chi connectivity index (χ0n) is 17.2. The van der Waals surface area contributed by atoms with Gasteiger partial charge in [0, 0.05) is 29.1 Å². The number of nitrogens with one attached hydrogen (secondary N) is 1. The summed E-state index contributed by atoms with van der Waals surface area (Å²) in [7, 11) is 0. The number of aromatic nitrogens is 4. The third-order valence-electron chi connectivity index (χ3n) is 5.07. The standard InChI is InChI=1S/C25H18FN5O/c1-16-4-2-5-18(14-16)23-24(31-22(30-23)6-3-12-28-31)19-11-13-27-21(15-19)29-25(32)17-7-9-20(26)10-8-17/h2-15H,1H3,(H,27,29,32). The lowest BCUT2D eigenvalue weighted by Gasteiger charge is -2.09. The van der Waals surface area contributed by atoms with Crippen molar-refractivity contribution in [1.82, 2.24) is 19.6 Å². The second kappa shape index (κ2) is 8.03. The second-order valence-corrected chi connectivity index (χ2v) is 7.36. The van der Waals surface area contributed by atoms with E-state index in [4.69, 9.17) is 4.98 Å². The molecule has 1 N–H and O–H groups in total. The number of halogens is 1. The maximum atomic E-state index is 13.2. The molecule has 0 saturated carbocycles. The van der Waals surface area contributed by atoms with Crippen molar-refractivity contribution in [3.05, 3.63) is 102 Å². The highest BCUT2D eigenvalue weighted by molar-refractivity contribution is 6.04. The third-order valence-corrected chi connectivity index (χ3v) is 5.07. The van der Waals surface area contributed by atoms with Crippen LogP contribution >= 0.6 is 0 Å². The SMILES string of the molecule is Cc1cccc(-c2nc3cccnn3c2-c2ccnc(NC(=O)c3ccc(F)cc3)c2)c1. The van der Waals surface area contributed by atoms with Crippen molar-refractivity contribution in [2.45, 2.75) is 6.92 Å². The molecule has 0 spiro atoms. The number of imidazole rings is 1. The molecule has 0 radical (unpaired) electrons. The summed E-state index contributed by atoms with van der Waals surface area (Å²) < 4.78 is 14.9. The lowest BCUT2D eigenvalue weighted by Crippen LogP contribution is -2.13. The van der Waals surface area contributed by atoms with Crippen LogP contribution < -0.4 is 5.32 Å². The molecule has 5 aromatic rings. The Morgan fingerprint density at radius 1 is 0.938 bits per heavy atom. The maximum absolute atomic E-state index is 13.2. The molecule has 5 rings (SSSR count).